The molecule has 2 aromatic rings. The zero-order valence-electron chi connectivity index (χ0n) is 15.2. The van der Waals surface area contributed by atoms with Crippen LogP contribution >= 0.6 is 0 Å². The Bertz CT molecular complexity index is 736. The summed E-state index contributed by atoms with van der Waals surface area (Å²) in [5, 5.41) is 24.8. The van der Waals surface area contributed by atoms with Crippen LogP contribution in [0.2, 0.25) is 0 Å². The SMILES string of the molecule is C[C@]1(O)CC2(CCN(Cc3ccnn3-c3ccccc3)CC2)OC[C@@H]1O. The molecule has 2 atom stereocenters. The van der Waals surface area contributed by atoms with Crippen molar-refractivity contribution in [1.82, 2.24) is 14.7 Å². The van der Waals surface area contributed by atoms with Gasteiger partial charge in [-0.05, 0) is 38.0 Å². The van der Waals surface area contributed by atoms with Crippen LogP contribution in [0.3, 0.4) is 0 Å². The number of para-hydroxylation sites is 1. The lowest BCUT2D eigenvalue weighted by Crippen LogP contribution is -2.59. The van der Waals surface area contributed by atoms with Gasteiger partial charge in [-0.15, -0.1) is 0 Å². The van der Waals surface area contributed by atoms with Crippen molar-refractivity contribution in [3.8, 4) is 5.69 Å². The third-order valence-corrected chi connectivity index (χ3v) is 5.82. The normalized spacial score (nSPS) is 29.1. The monoisotopic (exact) mass is 357 g/mol. The van der Waals surface area contributed by atoms with Gasteiger partial charge in [-0.3, -0.25) is 4.90 Å². The van der Waals surface area contributed by atoms with Gasteiger partial charge in [0, 0.05) is 32.3 Å². The minimum atomic E-state index is -1.06. The Kier molecular flexibility index (Phi) is 4.61. The largest absolute Gasteiger partial charge is 0.388 e. The van der Waals surface area contributed by atoms with Crippen LogP contribution in [0.25, 0.3) is 5.69 Å². The number of aromatic nitrogens is 2. The fraction of sp³-hybridized carbons (Fsp3) is 0.550. The average Bonchev–Trinajstić information content (AvgIpc) is 3.09. The van der Waals surface area contributed by atoms with Crippen LogP contribution in [0.15, 0.2) is 42.6 Å². The number of aliphatic hydroxyl groups is 2. The van der Waals surface area contributed by atoms with Gasteiger partial charge in [0.1, 0.15) is 6.10 Å². The molecule has 0 amide bonds. The zero-order chi connectivity index (χ0) is 18.2. The van der Waals surface area contributed by atoms with E-state index in [4.69, 9.17) is 4.74 Å². The van der Waals surface area contributed by atoms with Gasteiger partial charge in [0.2, 0.25) is 0 Å². The van der Waals surface area contributed by atoms with E-state index in [-0.39, 0.29) is 12.2 Å². The van der Waals surface area contributed by atoms with E-state index < -0.39 is 11.7 Å². The molecule has 6 nitrogen and oxygen atoms in total. The molecular weight excluding hydrogens is 330 g/mol. The summed E-state index contributed by atoms with van der Waals surface area (Å²) in [6.45, 7) is 4.59. The number of hydrogen-bond acceptors (Lipinski definition) is 5. The highest BCUT2D eigenvalue weighted by molar-refractivity contribution is 5.32. The number of piperidine rings is 1. The van der Waals surface area contributed by atoms with E-state index in [9.17, 15) is 10.2 Å². The lowest BCUT2D eigenvalue weighted by Gasteiger charge is -2.49. The number of aliphatic hydroxyl groups excluding tert-OH is 1. The number of nitrogens with zero attached hydrogens (tertiary/aromatic N) is 3. The average molecular weight is 357 g/mol. The standard InChI is InChI=1S/C20H27N3O3/c1-19(25)15-20(26-14-18(19)24)8-11-22(12-9-20)13-17-7-10-21-23(17)16-5-3-2-4-6-16/h2-7,10,18,24-25H,8-9,11-15H2,1H3/t18-,19-/m0/s1. The summed E-state index contributed by atoms with van der Waals surface area (Å²) in [5.74, 6) is 0. The molecule has 1 spiro atoms. The quantitative estimate of drug-likeness (QED) is 0.876. The van der Waals surface area contributed by atoms with E-state index in [1.54, 1.807) is 6.92 Å². The Hall–Kier alpha value is -1.73. The number of rotatable bonds is 3. The van der Waals surface area contributed by atoms with E-state index in [0.717, 1.165) is 38.2 Å². The van der Waals surface area contributed by atoms with Crippen LogP contribution in [0.5, 0.6) is 0 Å². The van der Waals surface area contributed by atoms with Crippen molar-refractivity contribution in [3.63, 3.8) is 0 Å². The second kappa shape index (κ2) is 6.78. The summed E-state index contributed by atoms with van der Waals surface area (Å²) in [6.07, 6.45) is 3.28. The second-order valence-corrected chi connectivity index (χ2v) is 7.89. The van der Waals surface area contributed by atoms with Crippen molar-refractivity contribution in [2.75, 3.05) is 19.7 Å². The predicted molar refractivity (Wildman–Crippen MR) is 98.0 cm³/mol. The molecule has 2 aliphatic rings. The third-order valence-electron chi connectivity index (χ3n) is 5.82. The van der Waals surface area contributed by atoms with Gasteiger partial charge in [-0.25, -0.2) is 4.68 Å². The molecule has 140 valence electrons. The molecular formula is C20H27N3O3. The molecule has 4 rings (SSSR count). The first-order valence-corrected chi connectivity index (χ1v) is 9.33. The highest BCUT2D eigenvalue weighted by Gasteiger charge is 2.48. The van der Waals surface area contributed by atoms with Crippen molar-refractivity contribution < 1.29 is 14.9 Å². The predicted octanol–water partition coefficient (Wildman–Crippen LogP) is 1.74. The van der Waals surface area contributed by atoms with Gasteiger partial charge in [0.05, 0.1) is 29.2 Å². The van der Waals surface area contributed by atoms with Crippen LogP contribution in [0.1, 0.15) is 31.9 Å². The highest BCUT2D eigenvalue weighted by Crippen LogP contribution is 2.39. The maximum absolute atomic E-state index is 10.4. The number of hydrogen-bond donors (Lipinski definition) is 2. The van der Waals surface area contributed by atoms with Crippen molar-refractivity contribution in [3.05, 3.63) is 48.3 Å². The summed E-state index contributed by atoms with van der Waals surface area (Å²) >= 11 is 0. The van der Waals surface area contributed by atoms with Crippen LogP contribution < -0.4 is 0 Å². The first kappa shape index (κ1) is 17.7. The van der Waals surface area contributed by atoms with Crippen molar-refractivity contribution in [2.24, 2.45) is 0 Å². The van der Waals surface area contributed by atoms with Crippen LogP contribution in [-0.4, -0.2) is 61.9 Å². The van der Waals surface area contributed by atoms with Crippen molar-refractivity contribution in [1.29, 1.82) is 0 Å². The van der Waals surface area contributed by atoms with Crippen LogP contribution in [-0.2, 0) is 11.3 Å². The Morgan fingerprint density at radius 2 is 1.92 bits per heavy atom. The molecule has 2 N–H and O–H groups in total. The van der Waals surface area contributed by atoms with Gasteiger partial charge in [-0.2, -0.15) is 5.10 Å². The lowest BCUT2D eigenvalue weighted by molar-refractivity contribution is -0.223. The minimum absolute atomic E-state index is 0.216. The van der Waals surface area contributed by atoms with Gasteiger partial charge in [-0.1, -0.05) is 18.2 Å². The van der Waals surface area contributed by atoms with E-state index in [0.29, 0.717) is 6.42 Å². The summed E-state index contributed by atoms with van der Waals surface area (Å²) in [7, 11) is 0. The number of ether oxygens (including phenoxy) is 1. The maximum atomic E-state index is 10.4. The molecule has 6 heteroatoms. The first-order valence-electron chi connectivity index (χ1n) is 9.33. The Morgan fingerprint density at radius 3 is 2.62 bits per heavy atom. The van der Waals surface area contributed by atoms with E-state index >= 15 is 0 Å². The molecule has 1 aromatic heterocycles. The second-order valence-electron chi connectivity index (χ2n) is 7.89. The van der Waals surface area contributed by atoms with Crippen LogP contribution in [0.4, 0.5) is 0 Å². The third kappa shape index (κ3) is 3.42. The van der Waals surface area contributed by atoms with E-state index in [2.05, 4.69) is 28.2 Å². The van der Waals surface area contributed by atoms with Gasteiger partial charge in [0.25, 0.3) is 0 Å². The molecule has 26 heavy (non-hydrogen) atoms. The fourth-order valence-electron chi connectivity index (χ4n) is 4.18. The summed E-state index contributed by atoms with van der Waals surface area (Å²) < 4.78 is 7.97. The molecule has 3 heterocycles. The zero-order valence-corrected chi connectivity index (χ0v) is 15.2. The topological polar surface area (TPSA) is 70.8 Å². The molecule has 2 fully saturated rings. The van der Waals surface area contributed by atoms with E-state index in [1.807, 2.05) is 29.1 Å². The molecule has 0 aliphatic carbocycles. The molecule has 0 unspecified atom stereocenters. The maximum Gasteiger partial charge on any atom is 0.106 e. The lowest BCUT2D eigenvalue weighted by atomic mass is 9.76. The number of benzene rings is 1. The van der Waals surface area contributed by atoms with Gasteiger partial charge >= 0.3 is 0 Å². The highest BCUT2D eigenvalue weighted by atomic mass is 16.5. The summed E-state index contributed by atoms with van der Waals surface area (Å²) in [6, 6.07) is 12.2. The van der Waals surface area contributed by atoms with Gasteiger partial charge < -0.3 is 14.9 Å². The molecule has 2 saturated heterocycles. The summed E-state index contributed by atoms with van der Waals surface area (Å²) in [4.78, 5) is 2.41. The van der Waals surface area contributed by atoms with Crippen molar-refractivity contribution in [2.45, 2.75) is 50.0 Å². The smallest absolute Gasteiger partial charge is 0.106 e. The molecule has 0 radical (unpaired) electrons. The van der Waals surface area contributed by atoms with Crippen LogP contribution in [0, 0.1) is 0 Å². The molecule has 0 bridgehead atoms. The number of likely N-dealkylation sites (tertiary alicyclic amines) is 1. The first-order chi connectivity index (χ1) is 12.5. The minimum Gasteiger partial charge on any atom is -0.388 e. The fourth-order valence-corrected chi connectivity index (χ4v) is 4.18. The Balaban J connectivity index is 1.40. The Labute approximate surface area is 154 Å². The molecule has 2 aliphatic heterocycles. The van der Waals surface area contributed by atoms with Gasteiger partial charge in [0.15, 0.2) is 0 Å². The van der Waals surface area contributed by atoms with Crippen molar-refractivity contribution >= 4 is 0 Å². The molecule has 1 aromatic carbocycles. The summed E-state index contributed by atoms with van der Waals surface area (Å²) in [5.41, 5.74) is 0.867. The van der Waals surface area contributed by atoms with E-state index in [1.165, 1.54) is 5.69 Å². The Morgan fingerprint density at radius 1 is 1.19 bits per heavy atom. The molecule has 0 saturated carbocycles.